The summed E-state index contributed by atoms with van der Waals surface area (Å²) in [7, 11) is 0. The third-order valence-corrected chi connectivity index (χ3v) is 20.2. The van der Waals surface area contributed by atoms with Crippen LogP contribution in [0.4, 0.5) is 0 Å². The Balaban J connectivity index is 0.688. The summed E-state index contributed by atoms with van der Waals surface area (Å²) in [5.41, 5.74) is 16.0. The van der Waals surface area contributed by atoms with Gasteiger partial charge in [0.1, 0.15) is 0 Å². The number of rotatable bonds is 6. The van der Waals surface area contributed by atoms with Gasteiger partial charge in [-0.1, -0.05) is 200 Å². The van der Waals surface area contributed by atoms with E-state index in [1.54, 1.807) is 0 Å². The van der Waals surface area contributed by atoms with Gasteiger partial charge < -0.3 is 0 Å². The molecule has 0 fully saturated rings. The minimum Gasteiger partial charge on any atom is -0.254 e. The second-order valence-electron chi connectivity index (χ2n) is 25.2. The lowest BCUT2D eigenvalue weighted by atomic mass is 9.83. The summed E-state index contributed by atoms with van der Waals surface area (Å²) >= 11 is 0. The highest BCUT2D eigenvalue weighted by molar-refractivity contribution is 6.33. The quantitative estimate of drug-likeness (QED) is 0.122. The van der Waals surface area contributed by atoms with Crippen LogP contribution >= 0.6 is 0 Å². The number of hydrogen-bond donors (Lipinski definition) is 0. The Morgan fingerprint density at radius 2 is 0.745 bits per heavy atom. The van der Waals surface area contributed by atoms with Gasteiger partial charge in [-0.25, -0.2) is 9.97 Å². The molecule has 0 aliphatic carbocycles. The summed E-state index contributed by atoms with van der Waals surface area (Å²) < 4.78 is 0. The van der Waals surface area contributed by atoms with Crippen molar-refractivity contribution >= 4 is 175 Å². The molecule has 21 aromatic rings. The van der Waals surface area contributed by atoms with E-state index in [1.807, 2.05) is 36.9 Å². The lowest BCUT2D eigenvalue weighted by Gasteiger charge is -2.20. The Bertz CT molecular complexity index is 6930. The highest BCUT2D eigenvalue weighted by Crippen LogP contribution is 2.49. The Labute approximate surface area is 536 Å². The Kier molecular flexibility index (Phi) is 10.6. The zero-order valence-corrected chi connectivity index (χ0v) is 50.4. The van der Waals surface area contributed by atoms with Crippen LogP contribution in [0.2, 0.25) is 0 Å². The fraction of sp³-hybridized carbons (Fsp3) is 0. The topological polar surface area (TPSA) is 77.3 Å². The summed E-state index contributed by atoms with van der Waals surface area (Å²) in [6.45, 7) is 0. The molecule has 0 amide bonds. The largest absolute Gasteiger partial charge is 0.254 e. The van der Waals surface area contributed by atoms with Crippen molar-refractivity contribution in [3.05, 3.63) is 291 Å². The molecule has 6 heterocycles. The van der Waals surface area contributed by atoms with Gasteiger partial charge in [0.2, 0.25) is 0 Å². The molecule has 0 saturated heterocycles. The van der Waals surface area contributed by atoms with Crippen LogP contribution in [0.15, 0.2) is 280 Å². The molecule has 0 aliphatic rings. The second kappa shape index (κ2) is 19.4. The van der Waals surface area contributed by atoms with Gasteiger partial charge in [0.15, 0.2) is 0 Å². The highest BCUT2D eigenvalue weighted by Gasteiger charge is 2.23. The zero-order valence-electron chi connectivity index (χ0n) is 50.4. The normalized spacial score (nSPS) is 12.4. The average Bonchev–Trinajstić information content (AvgIpc) is 0.718. The van der Waals surface area contributed by atoms with Crippen molar-refractivity contribution in [1.29, 1.82) is 0 Å². The van der Waals surface area contributed by atoms with Crippen LogP contribution in [-0.2, 0) is 0 Å². The van der Waals surface area contributed by atoms with Crippen LogP contribution in [0.25, 0.3) is 219 Å². The van der Waals surface area contributed by atoms with Gasteiger partial charge in [0.25, 0.3) is 0 Å². The van der Waals surface area contributed by atoms with Crippen molar-refractivity contribution in [3.8, 4) is 44.6 Å². The lowest BCUT2D eigenvalue weighted by molar-refractivity contribution is 1.35. The van der Waals surface area contributed by atoms with Crippen LogP contribution in [0.1, 0.15) is 11.3 Å². The number of nitrogens with zero attached hydrogens (tertiary/aromatic N) is 6. The minimum atomic E-state index is 0.855. The first kappa shape index (κ1) is 51.1. The highest BCUT2D eigenvalue weighted by atomic mass is 14.8. The van der Waals surface area contributed by atoms with E-state index in [4.69, 9.17) is 29.9 Å². The fourth-order valence-electron chi connectivity index (χ4n) is 15.9. The standard InChI is InChI=1S/C88H48N6/c1-3-16-65-49(9-1)19-23-59-41-56-10-2-4-17-66(56)81(79(59)65)75-46-61-43-63(48-92-85(61)88-72(75)18-8-40-90-88)62-42-60-24-22-55-30-38-76(94-87(55)84(60)91-47-62)68-36-37-71-74(45-58-14-6-12-52-29-35-69(68)82(71)78(52)58)73-44-57-13-5-11-51-28-33-67-50(27-34-70(73)80(67)77(51)57)25-31-64-32-26-54-21-20-53-15-7-39-89-83(53)86(54)93-64/h1-48H. The summed E-state index contributed by atoms with van der Waals surface area (Å²) in [5.74, 6) is 0. The molecule has 94 heavy (non-hydrogen) atoms. The molecular weight excluding hydrogens is 1140 g/mol. The first-order valence-electron chi connectivity index (χ1n) is 32.0. The molecule has 0 radical (unpaired) electrons. The fourth-order valence-corrected chi connectivity index (χ4v) is 15.9. The van der Waals surface area contributed by atoms with E-state index in [9.17, 15) is 0 Å². The average molecular weight is 1190 g/mol. The molecule has 6 nitrogen and oxygen atoms in total. The van der Waals surface area contributed by atoms with Crippen LogP contribution in [0.5, 0.6) is 0 Å². The summed E-state index contributed by atoms with van der Waals surface area (Å²) in [5, 5.41) is 28.3. The van der Waals surface area contributed by atoms with E-state index >= 15 is 0 Å². The molecule has 0 saturated carbocycles. The van der Waals surface area contributed by atoms with E-state index in [0.717, 1.165) is 110 Å². The molecule has 0 unspecified atom stereocenters. The van der Waals surface area contributed by atoms with Crippen molar-refractivity contribution in [2.24, 2.45) is 0 Å². The first-order chi connectivity index (χ1) is 46.6. The monoisotopic (exact) mass is 1190 g/mol. The Morgan fingerprint density at radius 1 is 0.234 bits per heavy atom. The van der Waals surface area contributed by atoms with Crippen molar-refractivity contribution < 1.29 is 0 Å². The number of fused-ring (bicyclic) bond motifs is 13. The number of hydrogen-bond acceptors (Lipinski definition) is 6. The molecule has 21 rings (SSSR count). The summed E-state index contributed by atoms with van der Waals surface area (Å²) in [6, 6.07) is 93.3. The summed E-state index contributed by atoms with van der Waals surface area (Å²) in [4.78, 5) is 31.0. The van der Waals surface area contributed by atoms with E-state index in [2.05, 4.69) is 255 Å². The number of aromatic nitrogens is 6. The summed E-state index contributed by atoms with van der Waals surface area (Å²) in [6.07, 6.45) is 12.0. The third kappa shape index (κ3) is 7.47. The van der Waals surface area contributed by atoms with Crippen LogP contribution in [-0.4, -0.2) is 29.9 Å². The maximum absolute atomic E-state index is 5.58. The van der Waals surface area contributed by atoms with E-state index < -0.39 is 0 Å². The molecule has 0 bridgehead atoms. The van der Waals surface area contributed by atoms with Gasteiger partial charge in [0, 0.05) is 73.8 Å². The van der Waals surface area contributed by atoms with E-state index in [0.29, 0.717) is 0 Å². The molecular formula is C88H48N6. The molecule has 0 atom stereocenters. The van der Waals surface area contributed by atoms with Crippen LogP contribution in [0.3, 0.4) is 0 Å². The van der Waals surface area contributed by atoms with Gasteiger partial charge in [-0.2, -0.15) is 0 Å². The lowest BCUT2D eigenvalue weighted by Crippen LogP contribution is -1.94. The maximum Gasteiger partial charge on any atom is 0.0972 e. The van der Waals surface area contributed by atoms with Gasteiger partial charge in [0.05, 0.1) is 44.5 Å². The molecule has 430 valence electrons. The molecule has 6 heteroatoms. The van der Waals surface area contributed by atoms with Crippen molar-refractivity contribution in [3.63, 3.8) is 0 Å². The van der Waals surface area contributed by atoms with E-state index in [-0.39, 0.29) is 0 Å². The molecule has 0 N–H and O–H groups in total. The van der Waals surface area contributed by atoms with Crippen molar-refractivity contribution in [2.45, 2.75) is 0 Å². The minimum absolute atomic E-state index is 0.855. The van der Waals surface area contributed by atoms with Crippen LogP contribution in [0, 0.1) is 0 Å². The predicted molar refractivity (Wildman–Crippen MR) is 395 cm³/mol. The van der Waals surface area contributed by atoms with Crippen molar-refractivity contribution in [1.82, 2.24) is 29.9 Å². The Morgan fingerprint density at radius 3 is 1.54 bits per heavy atom. The zero-order chi connectivity index (χ0) is 61.3. The Hall–Kier alpha value is -12.6. The molecule has 0 spiro atoms. The first-order valence-corrected chi connectivity index (χ1v) is 32.0. The van der Waals surface area contributed by atoms with Gasteiger partial charge >= 0.3 is 0 Å². The molecule has 6 aromatic heterocycles. The van der Waals surface area contributed by atoms with Gasteiger partial charge in [-0.3, -0.25) is 19.9 Å². The van der Waals surface area contributed by atoms with Gasteiger partial charge in [-0.15, -0.1) is 0 Å². The van der Waals surface area contributed by atoms with Crippen LogP contribution < -0.4 is 0 Å². The third-order valence-electron chi connectivity index (χ3n) is 20.2. The molecule has 15 aromatic carbocycles. The van der Waals surface area contributed by atoms with Gasteiger partial charge in [-0.05, 0) is 192 Å². The SMILES string of the molecule is C(=Cc1ccc2c(-c3cc4cccc5ccc6c(-c7ccc8ccc9cc(-c%10cnc%11c(c%10)cc(-c%10c%12ccccc%12cc%12ccc%13ccccc%13c%10%12)c%10cccnc%10%11)cnc9c8n7)ccc3c6c54)cc3cccc4ccc1c2c43)c1ccc2ccc3cccnc3c2n1. The smallest absolute Gasteiger partial charge is 0.0972 e. The van der Waals surface area contributed by atoms with Crippen molar-refractivity contribution in [2.75, 3.05) is 0 Å². The molecule has 0 aliphatic heterocycles. The maximum atomic E-state index is 5.58. The van der Waals surface area contributed by atoms with E-state index in [1.165, 1.54) is 108 Å². The number of pyridine rings is 6. The second-order valence-corrected chi connectivity index (χ2v) is 25.2. The number of benzene rings is 15. The predicted octanol–water partition coefficient (Wildman–Crippen LogP) is 23.1.